The third kappa shape index (κ3) is 1.32. The van der Waals surface area contributed by atoms with Gasteiger partial charge in [0.25, 0.3) is 0 Å². The van der Waals surface area contributed by atoms with E-state index in [1.165, 1.54) is 10.6 Å². The number of phenols is 1. The van der Waals surface area contributed by atoms with Crippen LogP contribution in [0.2, 0.25) is 0 Å². The Bertz CT molecular complexity index is 746. The Morgan fingerprint density at radius 3 is 2.88 bits per heavy atom. The number of imidazole rings is 1. The minimum atomic E-state index is -1.02. The van der Waals surface area contributed by atoms with Crippen LogP contribution < -0.4 is 0 Å². The third-order valence-corrected chi connectivity index (χ3v) is 2.70. The van der Waals surface area contributed by atoms with Crippen LogP contribution in [-0.2, 0) is 0 Å². The van der Waals surface area contributed by atoms with E-state index in [1.807, 2.05) is 0 Å². The number of hydrogen-bond acceptors (Lipinski definition) is 3. The number of phenolic OH excluding ortho intramolecular Hbond substituents is 1. The molecule has 2 heterocycles. The Labute approximate surface area is 95.6 Å². The largest absolute Gasteiger partial charge is 0.508 e. The van der Waals surface area contributed by atoms with Crippen LogP contribution in [-0.4, -0.2) is 25.6 Å². The highest BCUT2D eigenvalue weighted by molar-refractivity contribution is 5.97. The topological polar surface area (TPSA) is 74.8 Å². The van der Waals surface area contributed by atoms with Crippen LogP contribution in [0, 0.1) is 0 Å². The number of aromatic carboxylic acids is 1. The molecular weight excluding hydrogens is 220 g/mol. The molecule has 1 aromatic carbocycles. The summed E-state index contributed by atoms with van der Waals surface area (Å²) in [5.74, 6) is -0.845. The average Bonchev–Trinajstić information content (AvgIpc) is 2.72. The lowest BCUT2D eigenvalue weighted by Crippen LogP contribution is -2.00. The van der Waals surface area contributed by atoms with Gasteiger partial charge in [-0.05, 0) is 29.7 Å². The highest BCUT2D eigenvalue weighted by Gasteiger charge is 2.12. The van der Waals surface area contributed by atoms with Gasteiger partial charge in [-0.25, -0.2) is 9.78 Å². The summed E-state index contributed by atoms with van der Waals surface area (Å²) in [6.45, 7) is 0. The summed E-state index contributed by atoms with van der Waals surface area (Å²) in [6, 6.07) is 6.64. The summed E-state index contributed by atoms with van der Waals surface area (Å²) in [5.41, 5.74) is 0.690. The molecule has 0 saturated carbocycles. The molecule has 2 aromatic heterocycles. The minimum Gasteiger partial charge on any atom is -0.508 e. The van der Waals surface area contributed by atoms with Gasteiger partial charge >= 0.3 is 5.97 Å². The predicted octanol–water partition coefficient (Wildman–Crippen LogP) is 1.89. The van der Waals surface area contributed by atoms with Gasteiger partial charge in [0, 0.05) is 11.6 Å². The highest BCUT2D eigenvalue weighted by Crippen LogP contribution is 2.23. The molecule has 17 heavy (non-hydrogen) atoms. The van der Waals surface area contributed by atoms with E-state index in [0.717, 1.165) is 10.8 Å². The van der Waals surface area contributed by atoms with Crippen LogP contribution in [0.4, 0.5) is 0 Å². The van der Waals surface area contributed by atoms with Crippen LogP contribution >= 0.6 is 0 Å². The molecule has 5 heteroatoms. The second kappa shape index (κ2) is 3.21. The number of aromatic nitrogens is 2. The maximum atomic E-state index is 11.0. The summed E-state index contributed by atoms with van der Waals surface area (Å²) >= 11 is 0. The van der Waals surface area contributed by atoms with Crippen LogP contribution in [0.25, 0.3) is 16.4 Å². The molecule has 0 aliphatic heterocycles. The summed E-state index contributed by atoms with van der Waals surface area (Å²) < 4.78 is 1.52. The molecule has 84 valence electrons. The van der Waals surface area contributed by atoms with Gasteiger partial charge in [-0.3, -0.25) is 4.40 Å². The molecule has 0 fully saturated rings. The van der Waals surface area contributed by atoms with Crippen molar-refractivity contribution >= 4 is 22.4 Å². The second-order valence-electron chi connectivity index (χ2n) is 3.73. The lowest BCUT2D eigenvalue weighted by atomic mass is 10.1. The number of aromatic hydroxyl groups is 1. The average molecular weight is 228 g/mol. The number of carboxylic acid groups (broad SMARTS) is 1. The maximum absolute atomic E-state index is 11.0. The second-order valence-corrected chi connectivity index (χ2v) is 3.73. The lowest BCUT2D eigenvalue weighted by molar-refractivity contribution is 0.0689. The van der Waals surface area contributed by atoms with Gasteiger partial charge in [-0.2, -0.15) is 0 Å². The maximum Gasteiger partial charge on any atom is 0.354 e. The van der Waals surface area contributed by atoms with E-state index in [0.29, 0.717) is 5.65 Å². The van der Waals surface area contributed by atoms with Crippen molar-refractivity contribution in [2.75, 3.05) is 0 Å². The first kappa shape index (κ1) is 9.65. The monoisotopic (exact) mass is 228 g/mol. The van der Waals surface area contributed by atoms with Gasteiger partial charge in [0.2, 0.25) is 0 Å². The Kier molecular flexibility index (Phi) is 1.82. The van der Waals surface area contributed by atoms with Gasteiger partial charge in [0.1, 0.15) is 11.4 Å². The van der Waals surface area contributed by atoms with Crippen molar-refractivity contribution in [1.82, 2.24) is 9.38 Å². The predicted molar refractivity (Wildman–Crippen MR) is 61.3 cm³/mol. The SMILES string of the molecule is O=C(O)c1cnc2c3ccc(O)cc3ccn12. The Balaban J connectivity index is 2.45. The van der Waals surface area contributed by atoms with Crippen LogP contribution in [0.1, 0.15) is 10.5 Å². The van der Waals surface area contributed by atoms with Crippen molar-refractivity contribution in [3.63, 3.8) is 0 Å². The first-order valence-electron chi connectivity index (χ1n) is 4.99. The van der Waals surface area contributed by atoms with Crippen molar-refractivity contribution < 1.29 is 15.0 Å². The molecule has 3 aromatic rings. The van der Waals surface area contributed by atoms with Gasteiger partial charge in [0.15, 0.2) is 5.69 Å². The molecule has 0 aliphatic carbocycles. The zero-order valence-electron chi connectivity index (χ0n) is 8.66. The van der Waals surface area contributed by atoms with E-state index in [1.54, 1.807) is 30.5 Å². The van der Waals surface area contributed by atoms with Crippen molar-refractivity contribution in [3.8, 4) is 5.75 Å². The van der Waals surface area contributed by atoms with Crippen LogP contribution in [0.5, 0.6) is 5.75 Å². The molecule has 0 bridgehead atoms. The van der Waals surface area contributed by atoms with Gasteiger partial charge < -0.3 is 10.2 Å². The number of pyridine rings is 1. The van der Waals surface area contributed by atoms with Gasteiger partial charge in [-0.1, -0.05) is 0 Å². The van der Waals surface area contributed by atoms with E-state index in [4.69, 9.17) is 5.11 Å². The molecule has 0 unspecified atom stereocenters. The van der Waals surface area contributed by atoms with E-state index in [9.17, 15) is 9.90 Å². The number of fused-ring (bicyclic) bond motifs is 3. The Morgan fingerprint density at radius 1 is 1.29 bits per heavy atom. The molecular formula is C12H8N2O3. The van der Waals surface area contributed by atoms with Crippen LogP contribution in [0.15, 0.2) is 36.7 Å². The summed E-state index contributed by atoms with van der Waals surface area (Å²) in [6.07, 6.45) is 2.96. The van der Waals surface area contributed by atoms with E-state index >= 15 is 0 Å². The lowest BCUT2D eigenvalue weighted by Gasteiger charge is -2.02. The molecule has 0 radical (unpaired) electrons. The van der Waals surface area contributed by atoms with E-state index in [-0.39, 0.29) is 11.4 Å². The standard InChI is InChI=1S/C12H8N2O3/c15-8-1-2-9-7(5-8)3-4-14-10(12(16)17)6-13-11(9)14/h1-6,15H,(H,16,17). The molecule has 0 aliphatic rings. The molecule has 5 nitrogen and oxygen atoms in total. The summed E-state index contributed by atoms with van der Waals surface area (Å²) in [4.78, 5) is 15.1. The Hall–Kier alpha value is -2.56. The quantitative estimate of drug-likeness (QED) is 0.667. The number of nitrogens with zero attached hydrogens (tertiary/aromatic N) is 2. The number of hydrogen-bond donors (Lipinski definition) is 2. The minimum absolute atomic E-state index is 0.120. The number of carbonyl (C=O) groups is 1. The molecule has 2 N–H and O–H groups in total. The zero-order chi connectivity index (χ0) is 12.0. The summed E-state index contributed by atoms with van der Waals surface area (Å²) in [5, 5.41) is 20.0. The van der Waals surface area contributed by atoms with Gasteiger partial charge in [0.05, 0.1) is 6.20 Å². The third-order valence-electron chi connectivity index (χ3n) is 2.70. The highest BCUT2D eigenvalue weighted by atomic mass is 16.4. The van der Waals surface area contributed by atoms with Crippen molar-refractivity contribution in [1.29, 1.82) is 0 Å². The molecule has 3 rings (SSSR count). The molecule has 0 atom stereocenters. The molecule has 0 amide bonds. The first-order valence-corrected chi connectivity index (χ1v) is 4.99. The fourth-order valence-electron chi connectivity index (χ4n) is 1.92. The fraction of sp³-hybridized carbons (Fsp3) is 0. The summed E-state index contributed by atoms with van der Waals surface area (Å²) in [7, 11) is 0. The number of rotatable bonds is 1. The fourth-order valence-corrected chi connectivity index (χ4v) is 1.92. The van der Waals surface area contributed by atoms with Crippen LogP contribution in [0.3, 0.4) is 0 Å². The van der Waals surface area contributed by atoms with Crippen molar-refractivity contribution in [2.24, 2.45) is 0 Å². The van der Waals surface area contributed by atoms with Gasteiger partial charge in [-0.15, -0.1) is 0 Å². The number of benzene rings is 1. The van der Waals surface area contributed by atoms with E-state index < -0.39 is 5.97 Å². The van der Waals surface area contributed by atoms with E-state index in [2.05, 4.69) is 4.98 Å². The Morgan fingerprint density at radius 2 is 2.12 bits per heavy atom. The molecule has 0 spiro atoms. The molecule has 0 saturated heterocycles. The normalized spacial score (nSPS) is 11.1. The zero-order valence-corrected chi connectivity index (χ0v) is 8.66. The van der Waals surface area contributed by atoms with Crippen molar-refractivity contribution in [2.45, 2.75) is 0 Å². The smallest absolute Gasteiger partial charge is 0.354 e. The first-order chi connectivity index (χ1) is 8.16. The van der Waals surface area contributed by atoms with Crippen molar-refractivity contribution in [3.05, 3.63) is 42.4 Å². The number of carboxylic acids is 1.